The molecule has 1 rings (SSSR count). The maximum Gasteiger partial charge on any atom is 0.245 e. The van der Waals surface area contributed by atoms with E-state index < -0.39 is 6.04 Å². The number of nitrogens with zero attached hydrogens (tertiary/aromatic N) is 1. The highest BCUT2D eigenvalue weighted by Gasteiger charge is 2.39. The molecule has 1 aliphatic heterocycles. The molecule has 2 atom stereocenters. The smallest absolute Gasteiger partial charge is 0.245 e. The van der Waals surface area contributed by atoms with Crippen molar-refractivity contribution in [2.45, 2.75) is 45.7 Å². The summed E-state index contributed by atoms with van der Waals surface area (Å²) in [6.07, 6.45) is 1.77. The van der Waals surface area contributed by atoms with Gasteiger partial charge in [-0.1, -0.05) is 13.8 Å². The summed E-state index contributed by atoms with van der Waals surface area (Å²) in [5.74, 6) is 0.110. The Balaban J connectivity index is 2.66. The first-order valence-corrected chi connectivity index (χ1v) is 6.58. The van der Waals surface area contributed by atoms with Gasteiger partial charge in [-0.05, 0) is 25.7 Å². The normalized spacial score (nSPS) is 24.6. The van der Waals surface area contributed by atoms with Crippen molar-refractivity contribution in [1.29, 1.82) is 0 Å². The lowest BCUT2D eigenvalue weighted by molar-refractivity contribution is -0.150. The van der Waals surface area contributed by atoms with Crippen molar-refractivity contribution in [1.82, 2.24) is 10.2 Å². The number of hydrogen-bond donors (Lipinski definition) is 1. The summed E-state index contributed by atoms with van der Waals surface area (Å²) in [6, 6.07) is -0.744. The summed E-state index contributed by atoms with van der Waals surface area (Å²) in [6.45, 7) is 6.99. The van der Waals surface area contributed by atoms with E-state index in [1.165, 1.54) is 0 Å². The van der Waals surface area contributed by atoms with Crippen LogP contribution in [0.5, 0.6) is 0 Å². The third kappa shape index (κ3) is 3.45. The van der Waals surface area contributed by atoms with Gasteiger partial charge in [-0.3, -0.25) is 9.59 Å². The number of amides is 2. The lowest BCUT2D eigenvalue weighted by Crippen LogP contribution is -2.64. The quantitative estimate of drug-likeness (QED) is 0.715. The summed E-state index contributed by atoms with van der Waals surface area (Å²) in [7, 11) is 1.67. The summed E-state index contributed by atoms with van der Waals surface area (Å²) < 4.78 is 4.99. The molecule has 0 aromatic carbocycles. The van der Waals surface area contributed by atoms with Crippen molar-refractivity contribution in [3.05, 3.63) is 0 Å². The number of methoxy groups -OCH3 is 1. The zero-order valence-corrected chi connectivity index (χ0v) is 11.7. The number of unbranched alkanes of at least 4 members (excludes halogenated alkanes) is 1. The minimum atomic E-state index is -0.407. The summed E-state index contributed by atoms with van der Waals surface area (Å²) in [5, 5.41) is 2.74. The summed E-state index contributed by atoms with van der Waals surface area (Å²) in [5.41, 5.74) is 0. The molecule has 0 aliphatic carbocycles. The van der Waals surface area contributed by atoms with E-state index in [0.29, 0.717) is 13.2 Å². The molecule has 0 radical (unpaired) electrons. The van der Waals surface area contributed by atoms with Crippen LogP contribution < -0.4 is 5.32 Å². The van der Waals surface area contributed by atoms with E-state index in [-0.39, 0.29) is 23.8 Å². The van der Waals surface area contributed by atoms with Crippen LogP contribution in [0.2, 0.25) is 0 Å². The molecule has 2 unspecified atom stereocenters. The molecule has 1 heterocycles. The van der Waals surface area contributed by atoms with Crippen molar-refractivity contribution in [2.24, 2.45) is 5.92 Å². The van der Waals surface area contributed by atoms with Crippen LogP contribution in [0.15, 0.2) is 0 Å². The van der Waals surface area contributed by atoms with Crippen LogP contribution >= 0.6 is 0 Å². The Morgan fingerprint density at radius 2 is 2.00 bits per heavy atom. The van der Waals surface area contributed by atoms with Crippen LogP contribution in [0.25, 0.3) is 0 Å². The average molecular weight is 256 g/mol. The van der Waals surface area contributed by atoms with Gasteiger partial charge in [0.1, 0.15) is 12.1 Å². The van der Waals surface area contributed by atoms with Crippen LogP contribution in [-0.4, -0.2) is 49.1 Å². The Morgan fingerprint density at radius 1 is 1.33 bits per heavy atom. The third-order valence-corrected chi connectivity index (χ3v) is 3.25. The van der Waals surface area contributed by atoms with Crippen LogP contribution in [0, 0.1) is 5.92 Å². The van der Waals surface area contributed by atoms with Gasteiger partial charge in [0, 0.05) is 20.3 Å². The van der Waals surface area contributed by atoms with Gasteiger partial charge in [0.15, 0.2) is 0 Å². The van der Waals surface area contributed by atoms with Gasteiger partial charge in [0.25, 0.3) is 0 Å². The fraction of sp³-hybridized carbons (Fsp3) is 0.846. The topological polar surface area (TPSA) is 58.6 Å². The van der Waals surface area contributed by atoms with Crippen LogP contribution in [0.3, 0.4) is 0 Å². The number of piperazine rings is 1. The highest BCUT2D eigenvalue weighted by Crippen LogP contribution is 2.18. The maximum atomic E-state index is 12.1. The number of carbonyl (C=O) groups is 2. The van der Waals surface area contributed by atoms with E-state index in [9.17, 15) is 9.59 Å². The fourth-order valence-corrected chi connectivity index (χ4v) is 2.33. The highest BCUT2D eigenvalue weighted by atomic mass is 16.5. The number of ether oxygens (including phenoxy) is 1. The molecule has 0 aromatic heterocycles. The molecule has 0 saturated carbocycles. The predicted molar refractivity (Wildman–Crippen MR) is 69.1 cm³/mol. The monoisotopic (exact) mass is 256 g/mol. The first kappa shape index (κ1) is 15.0. The Hall–Kier alpha value is -1.10. The van der Waals surface area contributed by atoms with Gasteiger partial charge >= 0.3 is 0 Å². The van der Waals surface area contributed by atoms with Gasteiger partial charge < -0.3 is 15.0 Å². The molecule has 0 aromatic rings. The van der Waals surface area contributed by atoms with Gasteiger partial charge in [-0.2, -0.15) is 0 Å². The summed E-state index contributed by atoms with van der Waals surface area (Å²) in [4.78, 5) is 25.8. The SMILES string of the molecule is COCCCCN1C(=O)C(C)NC(=O)C1C(C)C. The third-order valence-electron chi connectivity index (χ3n) is 3.25. The van der Waals surface area contributed by atoms with Gasteiger partial charge in [0.05, 0.1) is 0 Å². The molecule has 0 bridgehead atoms. The molecule has 104 valence electrons. The minimum absolute atomic E-state index is 0.0192. The van der Waals surface area contributed by atoms with E-state index in [4.69, 9.17) is 4.74 Å². The second-order valence-electron chi connectivity index (χ2n) is 5.15. The van der Waals surface area contributed by atoms with E-state index >= 15 is 0 Å². The average Bonchev–Trinajstić information content (AvgIpc) is 2.29. The van der Waals surface area contributed by atoms with Crippen LogP contribution in [-0.2, 0) is 14.3 Å². The molecule has 1 saturated heterocycles. The van der Waals surface area contributed by atoms with Gasteiger partial charge in [-0.15, -0.1) is 0 Å². The molecule has 18 heavy (non-hydrogen) atoms. The molecule has 1 N–H and O–H groups in total. The van der Waals surface area contributed by atoms with Gasteiger partial charge in [-0.25, -0.2) is 0 Å². The number of rotatable bonds is 6. The molecule has 5 heteroatoms. The Kier molecular flexibility index (Phi) is 5.59. The molecular weight excluding hydrogens is 232 g/mol. The van der Waals surface area contributed by atoms with Crippen LogP contribution in [0.4, 0.5) is 0 Å². The number of hydrogen-bond acceptors (Lipinski definition) is 3. The number of nitrogens with one attached hydrogen (secondary N) is 1. The zero-order chi connectivity index (χ0) is 13.7. The molecule has 1 aliphatic rings. The predicted octanol–water partition coefficient (Wildman–Crippen LogP) is 0.785. The van der Waals surface area contributed by atoms with E-state index in [0.717, 1.165) is 12.8 Å². The van der Waals surface area contributed by atoms with Crippen molar-refractivity contribution in [3.8, 4) is 0 Å². The number of carbonyl (C=O) groups excluding carboxylic acids is 2. The summed E-state index contributed by atoms with van der Waals surface area (Å²) >= 11 is 0. The lowest BCUT2D eigenvalue weighted by atomic mass is 9.97. The maximum absolute atomic E-state index is 12.1. The molecule has 1 fully saturated rings. The van der Waals surface area contributed by atoms with E-state index in [2.05, 4.69) is 5.32 Å². The standard InChI is InChI=1S/C13H24N2O3/c1-9(2)11-12(16)14-10(3)13(17)15(11)7-5-6-8-18-4/h9-11H,5-8H2,1-4H3,(H,14,16). The van der Waals surface area contributed by atoms with Gasteiger partial charge in [0.2, 0.25) is 11.8 Å². The van der Waals surface area contributed by atoms with Crippen molar-refractivity contribution < 1.29 is 14.3 Å². The first-order chi connectivity index (χ1) is 8.49. The Morgan fingerprint density at radius 3 is 2.56 bits per heavy atom. The highest BCUT2D eigenvalue weighted by molar-refractivity contribution is 5.96. The van der Waals surface area contributed by atoms with Crippen molar-refractivity contribution in [2.75, 3.05) is 20.3 Å². The minimum Gasteiger partial charge on any atom is -0.385 e. The zero-order valence-electron chi connectivity index (χ0n) is 11.7. The largest absolute Gasteiger partial charge is 0.385 e. The Labute approximate surface area is 109 Å². The van der Waals surface area contributed by atoms with Crippen molar-refractivity contribution >= 4 is 11.8 Å². The second kappa shape index (κ2) is 6.73. The lowest BCUT2D eigenvalue weighted by Gasteiger charge is -2.40. The van der Waals surface area contributed by atoms with Crippen LogP contribution in [0.1, 0.15) is 33.6 Å². The van der Waals surface area contributed by atoms with E-state index in [1.807, 2.05) is 13.8 Å². The molecule has 0 spiro atoms. The Bertz CT molecular complexity index is 305. The van der Waals surface area contributed by atoms with E-state index in [1.54, 1.807) is 18.9 Å². The fourth-order valence-electron chi connectivity index (χ4n) is 2.33. The molecular formula is C13H24N2O3. The molecule has 2 amide bonds. The van der Waals surface area contributed by atoms with Crippen molar-refractivity contribution in [3.63, 3.8) is 0 Å². The molecule has 5 nitrogen and oxygen atoms in total. The second-order valence-corrected chi connectivity index (χ2v) is 5.15. The first-order valence-electron chi connectivity index (χ1n) is 6.58.